The van der Waals surface area contributed by atoms with Gasteiger partial charge in [-0.15, -0.1) is 11.3 Å². The number of nitrogens with one attached hydrogen (secondary N) is 1. The number of nitrogens with zero attached hydrogens (tertiary/aromatic N) is 2. The number of hydrogen-bond donors (Lipinski definition) is 2. The molecule has 6 nitrogen and oxygen atoms in total. The summed E-state index contributed by atoms with van der Waals surface area (Å²) in [5.41, 5.74) is 3.56. The summed E-state index contributed by atoms with van der Waals surface area (Å²) in [7, 11) is 1.65. The topological polar surface area (TPSA) is 84.3 Å². The van der Waals surface area contributed by atoms with E-state index in [1.165, 1.54) is 6.33 Å². The van der Waals surface area contributed by atoms with E-state index in [2.05, 4.69) is 15.3 Å². The molecule has 0 fully saturated rings. The van der Waals surface area contributed by atoms with Crippen molar-refractivity contribution >= 4 is 39.0 Å². The highest BCUT2D eigenvalue weighted by atomic mass is 32.1. The smallest absolute Gasteiger partial charge is 0.307 e. The molecule has 4 rings (SSSR count). The maximum Gasteiger partial charge on any atom is 0.307 e. The van der Waals surface area contributed by atoms with Crippen molar-refractivity contribution in [1.82, 2.24) is 9.97 Å². The van der Waals surface area contributed by atoms with Gasteiger partial charge in [-0.05, 0) is 53.6 Å². The molecule has 4 aromatic rings. The Bertz CT molecular complexity index is 1120. The van der Waals surface area contributed by atoms with Gasteiger partial charge in [-0.2, -0.15) is 0 Å². The van der Waals surface area contributed by atoms with Crippen LogP contribution in [0.5, 0.6) is 5.75 Å². The molecular weight excluding hydrogens is 374 g/mol. The van der Waals surface area contributed by atoms with Crippen LogP contribution in [0.4, 0.5) is 11.5 Å². The van der Waals surface area contributed by atoms with Crippen LogP contribution in [0, 0.1) is 0 Å². The van der Waals surface area contributed by atoms with Crippen molar-refractivity contribution in [1.29, 1.82) is 0 Å². The molecule has 0 bridgehead atoms. The number of carboxylic acids is 1. The summed E-state index contributed by atoms with van der Waals surface area (Å²) in [5.74, 6) is 0.696. The third-order valence-corrected chi connectivity index (χ3v) is 5.44. The number of hydrogen-bond acceptors (Lipinski definition) is 6. The second kappa shape index (κ2) is 7.66. The fourth-order valence-corrected chi connectivity index (χ4v) is 3.92. The number of methoxy groups -OCH3 is 1. The Morgan fingerprint density at radius 3 is 2.54 bits per heavy atom. The molecule has 0 aliphatic heterocycles. The molecule has 28 heavy (non-hydrogen) atoms. The van der Waals surface area contributed by atoms with E-state index in [9.17, 15) is 4.79 Å². The quantitative estimate of drug-likeness (QED) is 0.494. The zero-order valence-electron chi connectivity index (χ0n) is 15.0. The van der Waals surface area contributed by atoms with Crippen LogP contribution in [0.1, 0.15) is 5.56 Å². The number of anilines is 2. The SMILES string of the molecule is COc1ccc(-c2cc3ncnc(Nc4ccc(CC(=O)O)cc4)c3s2)cc1. The minimum atomic E-state index is -0.845. The van der Waals surface area contributed by atoms with Gasteiger partial charge in [0.15, 0.2) is 5.82 Å². The summed E-state index contributed by atoms with van der Waals surface area (Å²) in [6.07, 6.45) is 1.54. The molecule has 7 heteroatoms. The molecule has 0 saturated heterocycles. The summed E-state index contributed by atoms with van der Waals surface area (Å²) < 4.78 is 6.18. The molecule has 0 spiro atoms. The monoisotopic (exact) mass is 391 g/mol. The number of fused-ring (bicyclic) bond motifs is 1. The molecule has 0 aliphatic carbocycles. The van der Waals surface area contributed by atoms with Crippen LogP contribution < -0.4 is 10.1 Å². The van der Waals surface area contributed by atoms with Gasteiger partial charge >= 0.3 is 5.97 Å². The molecule has 0 unspecified atom stereocenters. The average molecular weight is 391 g/mol. The van der Waals surface area contributed by atoms with E-state index in [0.717, 1.165) is 43.5 Å². The second-order valence-electron chi connectivity index (χ2n) is 6.17. The highest BCUT2D eigenvalue weighted by molar-refractivity contribution is 7.22. The van der Waals surface area contributed by atoms with Gasteiger partial charge in [-0.25, -0.2) is 9.97 Å². The molecule has 2 aromatic heterocycles. The van der Waals surface area contributed by atoms with E-state index >= 15 is 0 Å². The molecule has 0 radical (unpaired) electrons. The third kappa shape index (κ3) is 3.79. The number of carbonyl (C=O) groups is 1. The van der Waals surface area contributed by atoms with Crippen molar-refractivity contribution in [3.63, 3.8) is 0 Å². The highest BCUT2D eigenvalue weighted by Gasteiger charge is 2.11. The van der Waals surface area contributed by atoms with Crippen molar-refractivity contribution in [2.45, 2.75) is 6.42 Å². The molecule has 0 saturated carbocycles. The average Bonchev–Trinajstić information content (AvgIpc) is 3.14. The van der Waals surface area contributed by atoms with Gasteiger partial charge in [-0.1, -0.05) is 12.1 Å². The zero-order valence-corrected chi connectivity index (χ0v) is 15.9. The van der Waals surface area contributed by atoms with Crippen LogP contribution in [0.25, 0.3) is 20.7 Å². The summed E-state index contributed by atoms with van der Waals surface area (Å²) in [6, 6.07) is 17.3. The Morgan fingerprint density at radius 1 is 1.11 bits per heavy atom. The van der Waals surface area contributed by atoms with Gasteiger partial charge in [0.25, 0.3) is 0 Å². The van der Waals surface area contributed by atoms with Crippen LogP contribution in [0.3, 0.4) is 0 Å². The van der Waals surface area contributed by atoms with Crippen LogP contribution in [0.2, 0.25) is 0 Å². The van der Waals surface area contributed by atoms with Crippen molar-refractivity contribution in [2.24, 2.45) is 0 Å². The number of thiophene rings is 1. The minimum Gasteiger partial charge on any atom is -0.497 e. The number of aromatic nitrogens is 2. The van der Waals surface area contributed by atoms with Gasteiger partial charge in [0.2, 0.25) is 0 Å². The first-order valence-corrected chi connectivity index (χ1v) is 9.41. The molecule has 2 N–H and O–H groups in total. The van der Waals surface area contributed by atoms with Crippen LogP contribution in [-0.2, 0) is 11.2 Å². The lowest BCUT2D eigenvalue weighted by molar-refractivity contribution is -0.136. The third-order valence-electron chi connectivity index (χ3n) is 4.26. The van der Waals surface area contributed by atoms with E-state index in [1.807, 2.05) is 42.5 Å². The largest absolute Gasteiger partial charge is 0.497 e. The lowest BCUT2D eigenvalue weighted by atomic mass is 10.1. The molecule has 0 atom stereocenters. The van der Waals surface area contributed by atoms with Crippen LogP contribution in [0.15, 0.2) is 60.9 Å². The fraction of sp³-hybridized carbons (Fsp3) is 0.0952. The number of carboxylic acid groups (broad SMARTS) is 1. The number of aliphatic carboxylic acids is 1. The van der Waals surface area contributed by atoms with E-state index in [0.29, 0.717) is 0 Å². The summed E-state index contributed by atoms with van der Waals surface area (Å²) in [5, 5.41) is 12.2. The standard InChI is InChI=1S/C21H17N3O3S/c1-27-16-8-4-14(5-9-16)18-11-17-20(28-18)21(23-12-22-17)24-15-6-2-13(3-7-15)10-19(25)26/h2-9,11-12H,10H2,1H3,(H,25,26)(H,22,23,24). The first-order chi connectivity index (χ1) is 13.6. The Morgan fingerprint density at radius 2 is 1.86 bits per heavy atom. The van der Waals surface area contributed by atoms with Gasteiger partial charge in [0.05, 0.1) is 23.7 Å². The lowest BCUT2D eigenvalue weighted by Gasteiger charge is -2.07. The zero-order chi connectivity index (χ0) is 19.5. The van der Waals surface area contributed by atoms with Gasteiger partial charge in [-0.3, -0.25) is 4.79 Å². The molecule has 0 amide bonds. The van der Waals surface area contributed by atoms with E-state index in [-0.39, 0.29) is 6.42 Å². The van der Waals surface area contributed by atoms with E-state index < -0.39 is 5.97 Å². The first kappa shape index (κ1) is 17.9. The minimum absolute atomic E-state index is 0.00811. The maximum absolute atomic E-state index is 10.8. The fourth-order valence-electron chi connectivity index (χ4n) is 2.86. The normalized spacial score (nSPS) is 10.8. The summed E-state index contributed by atoms with van der Waals surface area (Å²) >= 11 is 1.62. The first-order valence-electron chi connectivity index (χ1n) is 8.59. The molecule has 2 heterocycles. The van der Waals surface area contributed by atoms with Crippen molar-refractivity contribution in [3.8, 4) is 16.2 Å². The Hall–Kier alpha value is -3.45. The van der Waals surface area contributed by atoms with Crippen molar-refractivity contribution in [3.05, 3.63) is 66.5 Å². The lowest BCUT2D eigenvalue weighted by Crippen LogP contribution is -2.00. The van der Waals surface area contributed by atoms with Crippen LogP contribution in [-0.4, -0.2) is 28.2 Å². The molecule has 0 aliphatic rings. The Balaban J connectivity index is 1.62. The highest BCUT2D eigenvalue weighted by Crippen LogP contribution is 2.36. The molecule has 2 aromatic carbocycles. The van der Waals surface area contributed by atoms with Gasteiger partial charge in [0, 0.05) is 10.6 Å². The second-order valence-corrected chi connectivity index (χ2v) is 7.22. The maximum atomic E-state index is 10.8. The number of rotatable bonds is 6. The van der Waals surface area contributed by atoms with Crippen molar-refractivity contribution < 1.29 is 14.6 Å². The number of benzene rings is 2. The van der Waals surface area contributed by atoms with E-state index in [4.69, 9.17) is 9.84 Å². The summed E-state index contributed by atoms with van der Waals surface area (Å²) in [4.78, 5) is 20.7. The van der Waals surface area contributed by atoms with Gasteiger partial charge < -0.3 is 15.2 Å². The van der Waals surface area contributed by atoms with E-state index in [1.54, 1.807) is 30.6 Å². The predicted molar refractivity (Wildman–Crippen MR) is 110 cm³/mol. The Kier molecular flexibility index (Phi) is 4.90. The Labute approximate surface area is 165 Å². The van der Waals surface area contributed by atoms with Gasteiger partial charge in [0.1, 0.15) is 12.1 Å². The molecule has 140 valence electrons. The molecular formula is C21H17N3O3S. The number of ether oxygens (including phenoxy) is 1. The van der Waals surface area contributed by atoms with Crippen molar-refractivity contribution in [2.75, 3.05) is 12.4 Å². The summed E-state index contributed by atoms with van der Waals surface area (Å²) in [6.45, 7) is 0. The van der Waals surface area contributed by atoms with Crippen LogP contribution >= 0.6 is 11.3 Å². The predicted octanol–water partition coefficient (Wildman–Crippen LogP) is 4.74.